The van der Waals surface area contributed by atoms with Gasteiger partial charge in [0.2, 0.25) is 11.8 Å². The van der Waals surface area contributed by atoms with Gasteiger partial charge >= 0.3 is 0 Å². The second kappa shape index (κ2) is 8.99. The number of nitrogens with zero attached hydrogens (tertiary/aromatic N) is 2. The van der Waals surface area contributed by atoms with Crippen LogP contribution in [0.2, 0.25) is 5.02 Å². The molecule has 2 amide bonds. The summed E-state index contributed by atoms with van der Waals surface area (Å²) in [5.74, 6) is -0.589. The van der Waals surface area contributed by atoms with Crippen LogP contribution >= 0.6 is 11.6 Å². The van der Waals surface area contributed by atoms with Crippen molar-refractivity contribution >= 4 is 23.4 Å². The summed E-state index contributed by atoms with van der Waals surface area (Å²) in [6.45, 7) is 5.37. The lowest BCUT2D eigenvalue weighted by molar-refractivity contribution is -0.132. The maximum absolute atomic E-state index is 13.8. The van der Waals surface area contributed by atoms with Gasteiger partial charge in [0, 0.05) is 43.3 Å². The van der Waals surface area contributed by atoms with Crippen molar-refractivity contribution in [2.24, 2.45) is 0 Å². The van der Waals surface area contributed by atoms with Gasteiger partial charge in [0.05, 0.1) is 13.0 Å². The van der Waals surface area contributed by atoms with Crippen molar-refractivity contribution < 1.29 is 14.0 Å². The van der Waals surface area contributed by atoms with Gasteiger partial charge in [-0.2, -0.15) is 0 Å². The average Bonchev–Trinajstić information content (AvgIpc) is 2.57. The first-order valence-corrected chi connectivity index (χ1v) is 8.58. The highest BCUT2D eigenvalue weighted by molar-refractivity contribution is 6.31. The van der Waals surface area contributed by atoms with E-state index >= 15 is 0 Å². The van der Waals surface area contributed by atoms with E-state index in [0.29, 0.717) is 39.3 Å². The number of benzene rings is 1. The van der Waals surface area contributed by atoms with Gasteiger partial charge in [-0.3, -0.25) is 14.5 Å². The Morgan fingerprint density at radius 1 is 1.25 bits per heavy atom. The number of hydrogen-bond acceptors (Lipinski definition) is 3. The Bertz CT molecular complexity index is 569. The normalized spacial score (nSPS) is 15.4. The monoisotopic (exact) mass is 355 g/mol. The molecule has 132 valence electrons. The van der Waals surface area contributed by atoms with E-state index in [9.17, 15) is 14.0 Å². The van der Waals surface area contributed by atoms with Crippen LogP contribution in [0.4, 0.5) is 4.39 Å². The standard InChI is InChI=1S/C17H23ClFN3O2/c1-2-6-20-16(23)12-21-7-9-22(10-8-21)17(24)11-13-14(18)4-3-5-15(13)19/h3-5H,2,6-12H2,1H3,(H,20,23). The Morgan fingerprint density at radius 3 is 2.58 bits per heavy atom. The third kappa shape index (κ3) is 5.18. The van der Waals surface area contributed by atoms with Crippen molar-refractivity contribution in [3.8, 4) is 0 Å². The van der Waals surface area contributed by atoms with Crippen LogP contribution in [0.15, 0.2) is 18.2 Å². The average molecular weight is 356 g/mol. The van der Waals surface area contributed by atoms with Gasteiger partial charge in [0.25, 0.3) is 0 Å². The summed E-state index contributed by atoms with van der Waals surface area (Å²) in [7, 11) is 0. The van der Waals surface area contributed by atoms with E-state index in [1.54, 1.807) is 11.0 Å². The molecule has 1 aromatic rings. The molecule has 0 aliphatic carbocycles. The van der Waals surface area contributed by atoms with Gasteiger partial charge in [0.1, 0.15) is 5.82 Å². The number of amides is 2. The van der Waals surface area contributed by atoms with Crippen molar-refractivity contribution in [3.63, 3.8) is 0 Å². The second-order valence-corrected chi connectivity index (χ2v) is 6.29. The molecule has 2 rings (SSSR count). The molecule has 0 atom stereocenters. The Hall–Kier alpha value is -1.66. The van der Waals surface area contributed by atoms with Crippen LogP contribution in [0.25, 0.3) is 0 Å². The summed E-state index contributed by atoms with van der Waals surface area (Å²) >= 11 is 5.97. The van der Waals surface area contributed by atoms with Gasteiger partial charge in [-0.05, 0) is 18.6 Å². The third-order valence-electron chi connectivity index (χ3n) is 4.05. The number of piperazine rings is 1. The van der Waals surface area contributed by atoms with Crippen LogP contribution in [-0.4, -0.2) is 60.9 Å². The Labute approximate surface area is 146 Å². The van der Waals surface area contributed by atoms with Crippen molar-refractivity contribution in [3.05, 3.63) is 34.6 Å². The maximum atomic E-state index is 13.8. The highest BCUT2D eigenvalue weighted by Crippen LogP contribution is 2.20. The molecule has 0 spiro atoms. The lowest BCUT2D eigenvalue weighted by atomic mass is 10.1. The van der Waals surface area contributed by atoms with Crippen LogP contribution in [0.3, 0.4) is 0 Å². The zero-order chi connectivity index (χ0) is 17.5. The minimum Gasteiger partial charge on any atom is -0.355 e. The van der Waals surface area contributed by atoms with E-state index in [0.717, 1.165) is 6.42 Å². The zero-order valence-electron chi connectivity index (χ0n) is 13.9. The first kappa shape index (κ1) is 18.7. The molecule has 0 saturated carbocycles. The molecule has 1 aliphatic heterocycles. The van der Waals surface area contributed by atoms with E-state index in [4.69, 9.17) is 11.6 Å². The molecule has 0 bridgehead atoms. The third-order valence-corrected chi connectivity index (χ3v) is 4.41. The molecule has 1 N–H and O–H groups in total. The van der Waals surface area contributed by atoms with Crippen LogP contribution in [0.1, 0.15) is 18.9 Å². The fourth-order valence-corrected chi connectivity index (χ4v) is 2.87. The van der Waals surface area contributed by atoms with Gasteiger partial charge in [-0.15, -0.1) is 0 Å². The summed E-state index contributed by atoms with van der Waals surface area (Å²) in [5.41, 5.74) is 0.241. The molecule has 0 radical (unpaired) electrons. The summed E-state index contributed by atoms with van der Waals surface area (Å²) in [5, 5.41) is 3.11. The Morgan fingerprint density at radius 2 is 1.96 bits per heavy atom. The second-order valence-electron chi connectivity index (χ2n) is 5.88. The van der Waals surface area contributed by atoms with E-state index in [2.05, 4.69) is 5.32 Å². The lowest BCUT2D eigenvalue weighted by Crippen LogP contribution is -2.51. The van der Waals surface area contributed by atoms with E-state index in [1.807, 2.05) is 11.8 Å². The molecule has 1 fully saturated rings. The number of carbonyl (C=O) groups is 2. The van der Waals surface area contributed by atoms with Gasteiger partial charge < -0.3 is 10.2 Å². The van der Waals surface area contributed by atoms with Crippen molar-refractivity contribution in [1.82, 2.24) is 15.1 Å². The van der Waals surface area contributed by atoms with Gasteiger partial charge in [-0.25, -0.2) is 4.39 Å². The van der Waals surface area contributed by atoms with Crippen LogP contribution < -0.4 is 5.32 Å². The number of hydrogen-bond donors (Lipinski definition) is 1. The summed E-state index contributed by atoms with van der Waals surface area (Å²) in [6, 6.07) is 4.41. The van der Waals surface area contributed by atoms with E-state index in [-0.39, 0.29) is 28.8 Å². The van der Waals surface area contributed by atoms with Gasteiger partial charge in [0.15, 0.2) is 0 Å². The van der Waals surface area contributed by atoms with Crippen LogP contribution in [0, 0.1) is 5.82 Å². The SMILES string of the molecule is CCCNC(=O)CN1CCN(C(=O)Cc2c(F)cccc2Cl)CC1. The maximum Gasteiger partial charge on any atom is 0.234 e. The number of carbonyl (C=O) groups excluding carboxylic acids is 2. The molecule has 1 saturated heterocycles. The summed E-state index contributed by atoms with van der Waals surface area (Å²) in [6.07, 6.45) is 0.870. The molecular weight excluding hydrogens is 333 g/mol. The first-order chi connectivity index (χ1) is 11.5. The quantitative estimate of drug-likeness (QED) is 0.845. The number of halogens is 2. The molecule has 1 aliphatic rings. The fraction of sp³-hybridized carbons (Fsp3) is 0.529. The topological polar surface area (TPSA) is 52.7 Å². The van der Waals surface area contributed by atoms with Gasteiger partial charge in [-0.1, -0.05) is 24.6 Å². The molecule has 7 heteroatoms. The van der Waals surface area contributed by atoms with Crippen LogP contribution in [0.5, 0.6) is 0 Å². The minimum absolute atomic E-state index is 0.00904. The van der Waals surface area contributed by atoms with Crippen molar-refractivity contribution in [2.45, 2.75) is 19.8 Å². The van der Waals surface area contributed by atoms with Crippen LogP contribution in [-0.2, 0) is 16.0 Å². The predicted octanol–water partition coefficient (Wildman–Crippen LogP) is 1.69. The largest absolute Gasteiger partial charge is 0.355 e. The van der Waals surface area contributed by atoms with Crippen molar-refractivity contribution in [2.75, 3.05) is 39.3 Å². The molecule has 24 heavy (non-hydrogen) atoms. The highest BCUT2D eigenvalue weighted by atomic mass is 35.5. The zero-order valence-corrected chi connectivity index (χ0v) is 14.6. The molecule has 0 aromatic heterocycles. The molecule has 1 aromatic carbocycles. The van der Waals surface area contributed by atoms with Crippen molar-refractivity contribution in [1.29, 1.82) is 0 Å². The summed E-state index contributed by atoms with van der Waals surface area (Å²) in [4.78, 5) is 27.8. The number of rotatable bonds is 6. The number of nitrogens with one attached hydrogen (secondary N) is 1. The Kier molecular flexibility index (Phi) is 6.99. The first-order valence-electron chi connectivity index (χ1n) is 8.21. The smallest absolute Gasteiger partial charge is 0.234 e. The Balaban J connectivity index is 1.81. The lowest BCUT2D eigenvalue weighted by Gasteiger charge is -2.34. The predicted molar refractivity (Wildman–Crippen MR) is 91.4 cm³/mol. The molecular formula is C17H23ClFN3O2. The molecule has 0 unspecified atom stereocenters. The van der Waals surface area contributed by atoms with E-state index in [1.165, 1.54) is 12.1 Å². The van der Waals surface area contributed by atoms with E-state index < -0.39 is 5.82 Å². The fourth-order valence-electron chi connectivity index (χ4n) is 2.64. The molecule has 5 nitrogen and oxygen atoms in total. The summed E-state index contributed by atoms with van der Waals surface area (Å²) < 4.78 is 13.8. The minimum atomic E-state index is -0.456. The molecule has 1 heterocycles. The highest BCUT2D eigenvalue weighted by Gasteiger charge is 2.23.